The third-order valence-electron chi connectivity index (χ3n) is 2.91. The first-order valence-electron chi connectivity index (χ1n) is 7.25. The van der Waals surface area contributed by atoms with Crippen LogP contribution in [0.25, 0.3) is 0 Å². The Kier molecular flexibility index (Phi) is 6.11. The lowest BCUT2D eigenvalue weighted by Crippen LogP contribution is -2.14. The van der Waals surface area contributed by atoms with Gasteiger partial charge >= 0.3 is 12.1 Å². The Hall–Kier alpha value is -2.89. The van der Waals surface area contributed by atoms with Gasteiger partial charge in [0.15, 0.2) is 0 Å². The number of carbonyl (C=O) groups is 2. The SMILES string of the molecule is CCOC(=O)Cc1ccc(NC(=O)OCc2ccccc2)cn1. The fourth-order valence-electron chi connectivity index (χ4n) is 1.84. The van der Waals surface area contributed by atoms with E-state index in [-0.39, 0.29) is 19.0 Å². The van der Waals surface area contributed by atoms with E-state index in [1.165, 1.54) is 6.20 Å². The van der Waals surface area contributed by atoms with Crippen LogP contribution in [0.5, 0.6) is 0 Å². The summed E-state index contributed by atoms with van der Waals surface area (Å²) in [5.74, 6) is -0.331. The van der Waals surface area contributed by atoms with E-state index in [4.69, 9.17) is 9.47 Å². The van der Waals surface area contributed by atoms with E-state index in [0.29, 0.717) is 18.0 Å². The molecule has 0 fully saturated rings. The van der Waals surface area contributed by atoms with Gasteiger partial charge in [-0.2, -0.15) is 0 Å². The lowest BCUT2D eigenvalue weighted by molar-refractivity contribution is -0.142. The molecule has 0 bridgehead atoms. The van der Waals surface area contributed by atoms with E-state index in [0.717, 1.165) is 5.56 Å². The fraction of sp³-hybridized carbons (Fsp3) is 0.235. The van der Waals surface area contributed by atoms with E-state index in [1.807, 2.05) is 30.3 Å². The van der Waals surface area contributed by atoms with Crippen LogP contribution in [0.1, 0.15) is 18.2 Å². The van der Waals surface area contributed by atoms with Crippen LogP contribution in [0.15, 0.2) is 48.7 Å². The van der Waals surface area contributed by atoms with E-state index in [2.05, 4.69) is 10.3 Å². The van der Waals surface area contributed by atoms with E-state index >= 15 is 0 Å². The van der Waals surface area contributed by atoms with Crippen molar-refractivity contribution in [3.63, 3.8) is 0 Å². The first-order valence-corrected chi connectivity index (χ1v) is 7.25. The average Bonchev–Trinajstić information content (AvgIpc) is 2.56. The third-order valence-corrected chi connectivity index (χ3v) is 2.91. The molecule has 1 heterocycles. The van der Waals surface area contributed by atoms with Crippen LogP contribution in [0, 0.1) is 0 Å². The molecular formula is C17H18N2O4. The van der Waals surface area contributed by atoms with Gasteiger partial charge in [-0.1, -0.05) is 30.3 Å². The molecule has 0 saturated heterocycles. The van der Waals surface area contributed by atoms with Crippen molar-refractivity contribution in [1.82, 2.24) is 4.98 Å². The Balaban J connectivity index is 1.80. The summed E-state index contributed by atoms with van der Waals surface area (Å²) >= 11 is 0. The summed E-state index contributed by atoms with van der Waals surface area (Å²) in [6.07, 6.45) is 1.01. The van der Waals surface area contributed by atoms with Gasteiger partial charge in [-0.15, -0.1) is 0 Å². The van der Waals surface area contributed by atoms with Gasteiger partial charge in [0.25, 0.3) is 0 Å². The lowest BCUT2D eigenvalue weighted by atomic mass is 10.2. The van der Waals surface area contributed by atoms with Crippen molar-refractivity contribution in [2.45, 2.75) is 20.0 Å². The topological polar surface area (TPSA) is 77.5 Å². The standard InChI is InChI=1S/C17H18N2O4/c1-2-22-16(20)10-14-8-9-15(11-18-14)19-17(21)23-12-13-6-4-3-5-7-13/h3-9,11H,2,10,12H2,1H3,(H,19,21). The maximum Gasteiger partial charge on any atom is 0.412 e. The minimum Gasteiger partial charge on any atom is -0.466 e. The van der Waals surface area contributed by atoms with Crippen molar-refractivity contribution < 1.29 is 19.1 Å². The number of aromatic nitrogens is 1. The number of benzene rings is 1. The number of anilines is 1. The van der Waals surface area contributed by atoms with Crippen molar-refractivity contribution >= 4 is 17.7 Å². The summed E-state index contributed by atoms with van der Waals surface area (Å²) < 4.78 is 9.95. The van der Waals surface area contributed by atoms with Gasteiger partial charge in [-0.3, -0.25) is 15.1 Å². The molecule has 120 valence electrons. The Bertz CT molecular complexity index is 641. The van der Waals surface area contributed by atoms with Crippen LogP contribution in [0.4, 0.5) is 10.5 Å². The van der Waals surface area contributed by atoms with Crippen molar-refractivity contribution in [3.05, 3.63) is 59.9 Å². The Morgan fingerprint density at radius 2 is 1.87 bits per heavy atom. The van der Waals surface area contributed by atoms with Gasteiger partial charge in [-0.25, -0.2) is 4.79 Å². The van der Waals surface area contributed by atoms with Crippen LogP contribution < -0.4 is 5.32 Å². The van der Waals surface area contributed by atoms with Crippen LogP contribution >= 0.6 is 0 Å². The van der Waals surface area contributed by atoms with Gasteiger partial charge in [0.1, 0.15) is 6.61 Å². The highest BCUT2D eigenvalue weighted by molar-refractivity contribution is 5.84. The van der Waals surface area contributed by atoms with Crippen LogP contribution in [0.3, 0.4) is 0 Å². The number of nitrogens with one attached hydrogen (secondary N) is 1. The number of hydrogen-bond donors (Lipinski definition) is 1. The molecule has 1 N–H and O–H groups in total. The molecule has 1 amide bonds. The van der Waals surface area contributed by atoms with E-state index < -0.39 is 6.09 Å². The molecule has 2 aromatic rings. The molecule has 6 nitrogen and oxygen atoms in total. The number of hydrogen-bond acceptors (Lipinski definition) is 5. The van der Waals surface area contributed by atoms with Gasteiger partial charge in [0.05, 0.1) is 30.6 Å². The molecule has 0 unspecified atom stereocenters. The predicted octanol–water partition coefficient (Wildman–Crippen LogP) is 2.94. The van der Waals surface area contributed by atoms with E-state index in [1.54, 1.807) is 19.1 Å². The molecule has 1 aromatic heterocycles. The largest absolute Gasteiger partial charge is 0.466 e. The highest BCUT2D eigenvalue weighted by atomic mass is 16.5. The molecule has 0 aliphatic rings. The molecule has 2 rings (SSSR count). The quantitative estimate of drug-likeness (QED) is 0.829. The Labute approximate surface area is 134 Å². The minimum absolute atomic E-state index is 0.104. The first-order chi connectivity index (χ1) is 11.2. The number of ether oxygens (including phenoxy) is 2. The fourth-order valence-corrected chi connectivity index (χ4v) is 1.84. The number of nitrogens with zero attached hydrogens (tertiary/aromatic N) is 1. The van der Waals surface area contributed by atoms with Crippen LogP contribution in [-0.2, 0) is 27.3 Å². The zero-order valence-electron chi connectivity index (χ0n) is 12.8. The second kappa shape index (κ2) is 8.53. The first kappa shape index (κ1) is 16.5. The van der Waals surface area contributed by atoms with Crippen molar-refractivity contribution in [2.75, 3.05) is 11.9 Å². The van der Waals surface area contributed by atoms with E-state index in [9.17, 15) is 9.59 Å². The molecule has 6 heteroatoms. The second-order valence-corrected chi connectivity index (χ2v) is 4.71. The number of amides is 1. The molecule has 0 spiro atoms. The molecule has 0 aliphatic carbocycles. The molecule has 0 saturated carbocycles. The number of esters is 1. The number of rotatable bonds is 6. The van der Waals surface area contributed by atoms with Crippen LogP contribution in [-0.4, -0.2) is 23.7 Å². The summed E-state index contributed by atoms with van der Waals surface area (Å²) in [5.41, 5.74) is 1.98. The summed E-state index contributed by atoms with van der Waals surface area (Å²) in [6.45, 7) is 2.28. The molecule has 0 atom stereocenters. The second-order valence-electron chi connectivity index (χ2n) is 4.71. The number of carbonyl (C=O) groups excluding carboxylic acids is 2. The van der Waals surface area contributed by atoms with Gasteiger partial charge in [0.2, 0.25) is 0 Å². The summed E-state index contributed by atoms with van der Waals surface area (Å²) in [6, 6.07) is 12.7. The summed E-state index contributed by atoms with van der Waals surface area (Å²) in [7, 11) is 0. The molecule has 0 aliphatic heterocycles. The summed E-state index contributed by atoms with van der Waals surface area (Å²) in [4.78, 5) is 27.1. The molecule has 0 radical (unpaired) electrons. The predicted molar refractivity (Wildman–Crippen MR) is 84.8 cm³/mol. The highest BCUT2D eigenvalue weighted by Crippen LogP contribution is 2.08. The maximum absolute atomic E-state index is 11.7. The molecule has 1 aromatic carbocycles. The Morgan fingerprint density at radius 1 is 1.09 bits per heavy atom. The van der Waals surface area contributed by atoms with Gasteiger partial charge in [0, 0.05) is 0 Å². The average molecular weight is 314 g/mol. The van der Waals surface area contributed by atoms with Crippen molar-refractivity contribution in [3.8, 4) is 0 Å². The minimum atomic E-state index is -0.561. The van der Waals surface area contributed by atoms with Crippen molar-refractivity contribution in [2.24, 2.45) is 0 Å². The van der Waals surface area contributed by atoms with Gasteiger partial charge in [-0.05, 0) is 24.6 Å². The summed E-state index contributed by atoms with van der Waals surface area (Å²) in [5, 5.41) is 2.58. The van der Waals surface area contributed by atoms with Gasteiger partial charge < -0.3 is 9.47 Å². The van der Waals surface area contributed by atoms with Crippen LogP contribution in [0.2, 0.25) is 0 Å². The zero-order valence-corrected chi connectivity index (χ0v) is 12.8. The lowest BCUT2D eigenvalue weighted by Gasteiger charge is -2.07. The maximum atomic E-state index is 11.7. The molecular weight excluding hydrogens is 296 g/mol. The molecule has 23 heavy (non-hydrogen) atoms. The monoisotopic (exact) mass is 314 g/mol. The smallest absolute Gasteiger partial charge is 0.412 e. The zero-order chi connectivity index (χ0) is 16.5. The number of pyridine rings is 1. The van der Waals surface area contributed by atoms with Crippen molar-refractivity contribution in [1.29, 1.82) is 0 Å². The normalized spacial score (nSPS) is 9.96. The Morgan fingerprint density at radius 3 is 2.52 bits per heavy atom. The third kappa shape index (κ3) is 5.78. The highest BCUT2D eigenvalue weighted by Gasteiger charge is 2.07.